The van der Waals surface area contributed by atoms with Crippen molar-refractivity contribution in [1.29, 1.82) is 0 Å². The number of carbonyl (C=O) groups is 2. The first kappa shape index (κ1) is 24.9. The predicted molar refractivity (Wildman–Crippen MR) is 138 cm³/mol. The predicted octanol–water partition coefficient (Wildman–Crippen LogP) is 4.49. The van der Waals surface area contributed by atoms with Crippen molar-refractivity contribution in [1.82, 2.24) is 0 Å². The van der Waals surface area contributed by atoms with Crippen LogP contribution in [-0.2, 0) is 0 Å². The Morgan fingerprint density at radius 1 is 0.475 bits per heavy atom. The van der Waals surface area contributed by atoms with E-state index in [0.29, 0.717) is 11.1 Å². The van der Waals surface area contributed by atoms with Crippen molar-refractivity contribution < 1.29 is 49.7 Å². The highest BCUT2D eigenvalue weighted by Crippen LogP contribution is 2.53. The van der Waals surface area contributed by atoms with Crippen molar-refractivity contribution >= 4 is 11.6 Å². The van der Waals surface area contributed by atoms with E-state index in [1.165, 1.54) is 60.7 Å². The van der Waals surface area contributed by atoms with Crippen LogP contribution in [0.1, 0.15) is 44.1 Å². The highest BCUT2D eigenvalue weighted by atomic mass is 16.5. The van der Waals surface area contributed by atoms with Gasteiger partial charge in [-0.1, -0.05) is 24.3 Å². The fourth-order valence-corrected chi connectivity index (χ4v) is 5.46. The number of ether oxygens (including phenoxy) is 2. The van der Waals surface area contributed by atoms with Crippen LogP contribution in [0.3, 0.4) is 0 Å². The van der Waals surface area contributed by atoms with E-state index in [1.54, 1.807) is 0 Å². The molecule has 0 unspecified atom stereocenters. The Labute approximate surface area is 226 Å². The molecule has 4 aromatic carbocycles. The molecule has 0 radical (unpaired) electrons. The minimum absolute atomic E-state index is 0.0455. The summed E-state index contributed by atoms with van der Waals surface area (Å²) >= 11 is 0. The summed E-state index contributed by atoms with van der Waals surface area (Å²) in [5.41, 5.74) is 0.330. The number of carbonyl (C=O) groups excluding carboxylic acids is 2. The average Bonchev–Trinajstić information content (AvgIpc) is 2.89. The zero-order chi connectivity index (χ0) is 28.3. The first-order chi connectivity index (χ1) is 19.1. The quantitative estimate of drug-likeness (QED) is 0.216. The van der Waals surface area contributed by atoms with E-state index >= 15 is 0 Å². The van der Waals surface area contributed by atoms with Gasteiger partial charge in [0.1, 0.15) is 69.3 Å². The summed E-state index contributed by atoms with van der Waals surface area (Å²) in [6.07, 6.45) is -2.31. The third-order valence-corrected chi connectivity index (χ3v) is 7.22. The van der Waals surface area contributed by atoms with Crippen LogP contribution < -0.4 is 9.47 Å². The van der Waals surface area contributed by atoms with Crippen LogP contribution in [0.25, 0.3) is 0 Å². The Morgan fingerprint density at radius 2 is 0.825 bits per heavy atom. The molecular weight excluding hydrogens is 520 g/mol. The first-order valence-electron chi connectivity index (χ1n) is 12.2. The molecule has 4 aromatic rings. The number of Topliss-reactive ketones (excluding diaryl/α,β-unsaturated/α-hetero) is 2. The molecule has 0 saturated heterocycles. The number of hydrogen-bond acceptors (Lipinski definition) is 10. The van der Waals surface area contributed by atoms with Crippen LogP contribution in [-0.4, -0.2) is 42.2 Å². The lowest BCUT2D eigenvalue weighted by Crippen LogP contribution is -2.45. The number of hydrogen-bond donors (Lipinski definition) is 6. The van der Waals surface area contributed by atoms with E-state index in [2.05, 4.69) is 0 Å². The van der Waals surface area contributed by atoms with Crippen molar-refractivity contribution in [2.24, 2.45) is 11.8 Å². The molecule has 0 fully saturated rings. The molecule has 0 amide bonds. The van der Waals surface area contributed by atoms with E-state index < -0.39 is 47.1 Å². The average molecular weight is 542 g/mol. The maximum Gasteiger partial charge on any atom is 0.178 e. The number of phenolic OH excluding ortho intramolecular Hbond substituents is 6. The summed E-state index contributed by atoms with van der Waals surface area (Å²) in [5, 5.41) is 61.1. The molecule has 2 heterocycles. The minimum Gasteiger partial charge on any atom is -0.508 e. The van der Waals surface area contributed by atoms with Gasteiger partial charge in [-0.25, -0.2) is 0 Å². The van der Waals surface area contributed by atoms with Gasteiger partial charge in [0.25, 0.3) is 0 Å². The number of benzene rings is 4. The van der Waals surface area contributed by atoms with Crippen LogP contribution in [0.2, 0.25) is 0 Å². The van der Waals surface area contributed by atoms with Gasteiger partial charge in [0.05, 0.1) is 11.8 Å². The van der Waals surface area contributed by atoms with Crippen LogP contribution >= 0.6 is 0 Å². The van der Waals surface area contributed by atoms with Gasteiger partial charge in [-0.05, 0) is 35.4 Å². The number of rotatable bonds is 3. The molecule has 202 valence electrons. The monoisotopic (exact) mass is 542 g/mol. The largest absolute Gasteiger partial charge is 0.508 e. The van der Waals surface area contributed by atoms with Crippen LogP contribution in [0.5, 0.6) is 46.0 Å². The second-order valence-electron chi connectivity index (χ2n) is 9.72. The van der Waals surface area contributed by atoms with Crippen LogP contribution in [0.4, 0.5) is 0 Å². The summed E-state index contributed by atoms with van der Waals surface area (Å²) in [4.78, 5) is 28.4. The zero-order valence-corrected chi connectivity index (χ0v) is 20.6. The number of phenols is 6. The Bertz CT molecular complexity index is 1530. The lowest BCUT2D eigenvalue weighted by molar-refractivity contribution is 0.0129. The summed E-state index contributed by atoms with van der Waals surface area (Å²) in [5.74, 6) is -6.10. The molecule has 10 nitrogen and oxygen atoms in total. The molecule has 2 aliphatic heterocycles. The molecule has 10 heteroatoms. The zero-order valence-electron chi connectivity index (χ0n) is 20.6. The normalized spacial score (nSPS) is 21.6. The van der Waals surface area contributed by atoms with Gasteiger partial charge in [0, 0.05) is 24.3 Å². The SMILES string of the molecule is O=C1c2c(O)cc(O)cc2O[C@@H](c2ccc(O)cc2)[C@H]1[C@@H]1C(=O)c2c(O)cc(O)cc2O[C@H]1c1ccc(O)cc1. The van der Waals surface area contributed by atoms with Gasteiger partial charge in [-0.15, -0.1) is 0 Å². The van der Waals surface area contributed by atoms with E-state index in [4.69, 9.17) is 9.47 Å². The van der Waals surface area contributed by atoms with Crippen molar-refractivity contribution in [2.45, 2.75) is 12.2 Å². The smallest absolute Gasteiger partial charge is 0.178 e. The van der Waals surface area contributed by atoms with Crippen molar-refractivity contribution in [3.05, 3.63) is 95.1 Å². The molecule has 0 spiro atoms. The molecule has 6 rings (SSSR count). The third-order valence-electron chi connectivity index (χ3n) is 7.22. The standard InChI is InChI=1S/C30H22O10/c31-15-5-1-13(2-6-15)29-25(27(37)23-19(35)9-17(33)11-21(23)39-29)26-28(38)24-20(36)10-18(34)12-22(24)40-30(26)14-3-7-16(32)8-4-14/h1-12,25-26,29-36H/t25-,26+,29-,30-/m0/s1. The number of aromatic hydroxyl groups is 6. The second-order valence-corrected chi connectivity index (χ2v) is 9.72. The van der Waals surface area contributed by atoms with Gasteiger partial charge < -0.3 is 40.1 Å². The van der Waals surface area contributed by atoms with Crippen LogP contribution in [0.15, 0.2) is 72.8 Å². The number of fused-ring (bicyclic) bond motifs is 2. The Balaban J connectivity index is 1.59. The van der Waals surface area contributed by atoms with Crippen molar-refractivity contribution in [2.75, 3.05) is 0 Å². The number of ketones is 2. The summed E-state index contributed by atoms with van der Waals surface area (Å²) in [6.45, 7) is 0. The third kappa shape index (κ3) is 3.97. The van der Waals surface area contributed by atoms with E-state index in [9.17, 15) is 40.2 Å². The molecule has 40 heavy (non-hydrogen) atoms. The maximum absolute atomic E-state index is 14.2. The molecule has 0 aromatic heterocycles. The molecule has 6 N–H and O–H groups in total. The fraction of sp³-hybridized carbons (Fsp3) is 0.133. The molecular formula is C30H22O10. The Hall–Kier alpha value is -5.38. The summed E-state index contributed by atoms with van der Waals surface area (Å²) < 4.78 is 12.3. The van der Waals surface area contributed by atoms with Crippen molar-refractivity contribution in [3.8, 4) is 46.0 Å². The van der Waals surface area contributed by atoms with E-state index in [0.717, 1.165) is 12.1 Å². The molecule has 0 bridgehead atoms. The lowest BCUT2D eigenvalue weighted by atomic mass is 9.69. The highest BCUT2D eigenvalue weighted by Gasteiger charge is 2.53. The topological polar surface area (TPSA) is 174 Å². The molecule has 0 saturated carbocycles. The molecule has 2 aliphatic rings. The van der Waals surface area contributed by atoms with Crippen LogP contribution in [0, 0.1) is 11.8 Å². The van der Waals surface area contributed by atoms with Gasteiger partial charge in [-0.2, -0.15) is 0 Å². The highest BCUT2D eigenvalue weighted by molar-refractivity contribution is 6.11. The fourth-order valence-electron chi connectivity index (χ4n) is 5.46. The Morgan fingerprint density at radius 3 is 1.18 bits per heavy atom. The van der Waals surface area contributed by atoms with E-state index in [1.807, 2.05) is 0 Å². The molecule has 4 atom stereocenters. The summed E-state index contributed by atoms with van der Waals surface area (Å²) in [6, 6.07) is 15.9. The molecule has 0 aliphatic carbocycles. The van der Waals surface area contributed by atoms with Crippen molar-refractivity contribution in [3.63, 3.8) is 0 Å². The van der Waals surface area contributed by atoms with E-state index in [-0.39, 0.29) is 45.6 Å². The maximum atomic E-state index is 14.2. The lowest BCUT2D eigenvalue weighted by Gasteiger charge is -2.42. The van der Waals surface area contributed by atoms with Gasteiger partial charge in [-0.3, -0.25) is 9.59 Å². The Kier molecular flexibility index (Phi) is 5.69. The van der Waals surface area contributed by atoms with Gasteiger partial charge in [0.2, 0.25) is 0 Å². The first-order valence-corrected chi connectivity index (χ1v) is 12.2. The second kappa shape index (κ2) is 9.12. The minimum atomic E-state index is -1.33. The summed E-state index contributed by atoms with van der Waals surface area (Å²) in [7, 11) is 0. The van der Waals surface area contributed by atoms with Gasteiger partial charge >= 0.3 is 0 Å². The van der Waals surface area contributed by atoms with Gasteiger partial charge in [0.15, 0.2) is 11.6 Å².